The van der Waals surface area contributed by atoms with E-state index in [0.29, 0.717) is 11.9 Å². The van der Waals surface area contributed by atoms with E-state index in [-0.39, 0.29) is 6.03 Å². The van der Waals surface area contributed by atoms with Gasteiger partial charge >= 0.3 is 6.03 Å². The number of hydrogen-bond donors (Lipinski definition) is 3. The first-order valence-corrected chi connectivity index (χ1v) is 5.26. The number of aryl methyl sites for hydroxylation is 1. The van der Waals surface area contributed by atoms with E-state index >= 15 is 0 Å². The molecular weight excluding hydrogens is 192 g/mol. The van der Waals surface area contributed by atoms with Crippen LogP contribution >= 0.6 is 0 Å². The van der Waals surface area contributed by atoms with E-state index in [0.717, 1.165) is 24.1 Å². The minimum absolute atomic E-state index is 0.158. The molecule has 2 amide bonds. The number of nitrogens with zero attached hydrogens (tertiary/aromatic N) is 1. The highest BCUT2D eigenvalue weighted by Crippen LogP contribution is 2.18. The number of carbonyl (C=O) groups excluding carboxylic acids is 1. The summed E-state index contributed by atoms with van der Waals surface area (Å²) in [5.74, 6) is 0.615. The van der Waals surface area contributed by atoms with Crippen molar-refractivity contribution in [3.63, 3.8) is 0 Å². The van der Waals surface area contributed by atoms with Gasteiger partial charge in [0.25, 0.3) is 0 Å². The SMILES string of the molecule is Cc1[nH]nc(NC(=O)NC2CCC2)c1C. The van der Waals surface area contributed by atoms with Crippen LogP contribution in [-0.4, -0.2) is 22.3 Å². The lowest BCUT2D eigenvalue weighted by atomic mass is 9.93. The first-order valence-electron chi connectivity index (χ1n) is 5.26. The molecule has 5 heteroatoms. The van der Waals surface area contributed by atoms with Gasteiger partial charge in [0.15, 0.2) is 5.82 Å². The second-order valence-electron chi connectivity index (χ2n) is 4.05. The van der Waals surface area contributed by atoms with Crippen molar-refractivity contribution in [2.45, 2.75) is 39.2 Å². The third-order valence-electron chi connectivity index (χ3n) is 2.93. The molecule has 0 saturated heterocycles. The van der Waals surface area contributed by atoms with Crippen LogP contribution < -0.4 is 10.6 Å². The predicted molar refractivity (Wildman–Crippen MR) is 57.9 cm³/mol. The van der Waals surface area contributed by atoms with Gasteiger partial charge in [-0.25, -0.2) is 4.79 Å². The van der Waals surface area contributed by atoms with Gasteiger partial charge in [0.1, 0.15) is 0 Å². The highest BCUT2D eigenvalue weighted by molar-refractivity contribution is 5.89. The second kappa shape index (κ2) is 3.92. The Labute approximate surface area is 88.6 Å². The van der Waals surface area contributed by atoms with Crippen LogP contribution in [0.15, 0.2) is 0 Å². The Morgan fingerprint density at radius 2 is 2.20 bits per heavy atom. The summed E-state index contributed by atoms with van der Waals surface area (Å²) in [7, 11) is 0. The molecule has 0 aromatic carbocycles. The third kappa shape index (κ3) is 2.11. The molecule has 82 valence electrons. The minimum Gasteiger partial charge on any atom is -0.335 e. The van der Waals surface area contributed by atoms with Crippen molar-refractivity contribution < 1.29 is 4.79 Å². The third-order valence-corrected chi connectivity index (χ3v) is 2.93. The number of aromatic nitrogens is 2. The van der Waals surface area contributed by atoms with Gasteiger partial charge in [0, 0.05) is 17.3 Å². The van der Waals surface area contributed by atoms with Crippen LogP contribution in [0.1, 0.15) is 30.5 Å². The molecule has 1 aromatic rings. The molecule has 0 bridgehead atoms. The van der Waals surface area contributed by atoms with Crippen LogP contribution in [0.3, 0.4) is 0 Å². The molecule has 3 N–H and O–H groups in total. The van der Waals surface area contributed by atoms with Gasteiger partial charge in [-0.2, -0.15) is 5.10 Å². The van der Waals surface area contributed by atoms with Crippen LogP contribution in [0.2, 0.25) is 0 Å². The lowest BCUT2D eigenvalue weighted by molar-refractivity contribution is 0.240. The topological polar surface area (TPSA) is 69.8 Å². The van der Waals surface area contributed by atoms with Crippen LogP contribution in [0, 0.1) is 13.8 Å². The second-order valence-corrected chi connectivity index (χ2v) is 4.05. The van der Waals surface area contributed by atoms with Crippen LogP contribution in [-0.2, 0) is 0 Å². The summed E-state index contributed by atoms with van der Waals surface area (Å²) in [6.45, 7) is 3.86. The first kappa shape index (κ1) is 10.0. The van der Waals surface area contributed by atoms with Crippen molar-refractivity contribution >= 4 is 11.8 Å². The van der Waals surface area contributed by atoms with E-state index in [1.54, 1.807) is 0 Å². The summed E-state index contributed by atoms with van der Waals surface area (Å²) in [5, 5.41) is 12.5. The average molecular weight is 208 g/mol. The molecule has 0 unspecified atom stereocenters. The number of rotatable bonds is 2. The normalized spacial score (nSPS) is 15.9. The average Bonchev–Trinajstić information content (AvgIpc) is 2.43. The number of carbonyl (C=O) groups is 1. The zero-order valence-corrected chi connectivity index (χ0v) is 9.05. The van der Waals surface area contributed by atoms with E-state index < -0.39 is 0 Å². The van der Waals surface area contributed by atoms with Crippen molar-refractivity contribution in [3.05, 3.63) is 11.3 Å². The Morgan fingerprint density at radius 1 is 1.47 bits per heavy atom. The molecule has 1 aliphatic rings. The zero-order valence-electron chi connectivity index (χ0n) is 9.05. The molecular formula is C10H16N4O. The van der Waals surface area contributed by atoms with Crippen molar-refractivity contribution in [2.24, 2.45) is 0 Å². The quantitative estimate of drug-likeness (QED) is 0.692. The molecule has 15 heavy (non-hydrogen) atoms. The lowest BCUT2D eigenvalue weighted by Gasteiger charge is -2.26. The van der Waals surface area contributed by atoms with Crippen molar-refractivity contribution in [3.8, 4) is 0 Å². The van der Waals surface area contributed by atoms with Crippen LogP contribution in [0.5, 0.6) is 0 Å². The first-order chi connectivity index (χ1) is 7.16. The van der Waals surface area contributed by atoms with Gasteiger partial charge in [0.2, 0.25) is 0 Å². The number of nitrogens with one attached hydrogen (secondary N) is 3. The number of hydrogen-bond acceptors (Lipinski definition) is 2. The Kier molecular flexibility index (Phi) is 2.62. The Balaban J connectivity index is 1.90. The summed E-state index contributed by atoms with van der Waals surface area (Å²) in [5.41, 5.74) is 1.97. The molecule has 1 aliphatic carbocycles. The Morgan fingerprint density at radius 3 is 2.67 bits per heavy atom. The van der Waals surface area contributed by atoms with Gasteiger partial charge in [0.05, 0.1) is 0 Å². The van der Waals surface area contributed by atoms with Crippen molar-refractivity contribution in [1.29, 1.82) is 0 Å². The van der Waals surface area contributed by atoms with Crippen LogP contribution in [0.25, 0.3) is 0 Å². The number of amides is 2. The summed E-state index contributed by atoms with van der Waals surface area (Å²) in [6.07, 6.45) is 3.39. The summed E-state index contributed by atoms with van der Waals surface area (Å²) < 4.78 is 0. The number of H-pyrrole nitrogens is 1. The van der Waals surface area contributed by atoms with E-state index in [1.165, 1.54) is 6.42 Å². The number of aromatic amines is 1. The highest BCUT2D eigenvalue weighted by Gasteiger charge is 2.20. The molecule has 0 atom stereocenters. The van der Waals surface area contributed by atoms with Crippen molar-refractivity contribution in [1.82, 2.24) is 15.5 Å². The Bertz CT molecular complexity index is 367. The fraction of sp³-hybridized carbons (Fsp3) is 0.600. The maximum absolute atomic E-state index is 11.5. The molecule has 0 spiro atoms. The monoisotopic (exact) mass is 208 g/mol. The highest BCUT2D eigenvalue weighted by atomic mass is 16.2. The molecule has 1 heterocycles. The van der Waals surface area contributed by atoms with Gasteiger partial charge < -0.3 is 5.32 Å². The smallest absolute Gasteiger partial charge is 0.320 e. The van der Waals surface area contributed by atoms with E-state index in [9.17, 15) is 4.79 Å². The maximum Gasteiger partial charge on any atom is 0.320 e. The standard InChI is InChI=1S/C10H16N4O/c1-6-7(2)13-14-9(6)12-10(15)11-8-4-3-5-8/h8H,3-5H2,1-2H3,(H3,11,12,13,14,15). The molecule has 5 nitrogen and oxygen atoms in total. The van der Waals surface area contributed by atoms with Gasteiger partial charge in [-0.1, -0.05) is 0 Å². The fourth-order valence-electron chi connectivity index (χ4n) is 1.49. The van der Waals surface area contributed by atoms with Crippen molar-refractivity contribution in [2.75, 3.05) is 5.32 Å². The molecule has 0 aliphatic heterocycles. The molecule has 0 radical (unpaired) electrons. The summed E-state index contributed by atoms with van der Waals surface area (Å²) in [4.78, 5) is 11.5. The van der Waals surface area contributed by atoms with Gasteiger partial charge in [-0.3, -0.25) is 10.4 Å². The minimum atomic E-state index is -0.158. The van der Waals surface area contributed by atoms with Gasteiger partial charge in [-0.05, 0) is 33.1 Å². The lowest BCUT2D eigenvalue weighted by Crippen LogP contribution is -2.42. The zero-order chi connectivity index (χ0) is 10.8. The largest absolute Gasteiger partial charge is 0.335 e. The van der Waals surface area contributed by atoms with E-state index in [1.807, 2.05) is 13.8 Å². The van der Waals surface area contributed by atoms with E-state index in [4.69, 9.17) is 0 Å². The fourth-order valence-corrected chi connectivity index (χ4v) is 1.49. The van der Waals surface area contributed by atoms with Gasteiger partial charge in [-0.15, -0.1) is 0 Å². The maximum atomic E-state index is 11.5. The van der Waals surface area contributed by atoms with Crippen LogP contribution in [0.4, 0.5) is 10.6 Å². The molecule has 2 rings (SSSR count). The molecule has 1 fully saturated rings. The summed E-state index contributed by atoms with van der Waals surface area (Å²) >= 11 is 0. The Hall–Kier alpha value is -1.52. The number of anilines is 1. The summed E-state index contributed by atoms with van der Waals surface area (Å²) in [6, 6.07) is 0.194. The predicted octanol–water partition coefficient (Wildman–Crippen LogP) is 1.70. The molecule has 1 aromatic heterocycles. The molecule has 1 saturated carbocycles. The van der Waals surface area contributed by atoms with E-state index in [2.05, 4.69) is 20.8 Å². The number of urea groups is 1.